The number of nitrogens with zero attached hydrogens (tertiary/aromatic N) is 2. The molecule has 0 spiro atoms. The maximum Gasteiger partial charge on any atom is 0.229 e. The lowest BCUT2D eigenvalue weighted by atomic mass is 9.84. The van der Waals surface area contributed by atoms with Crippen LogP contribution in [0.2, 0.25) is 0 Å². The van der Waals surface area contributed by atoms with E-state index in [1.54, 1.807) is 5.01 Å². The van der Waals surface area contributed by atoms with E-state index in [2.05, 4.69) is 31.8 Å². The number of amides is 1. The molecule has 4 aliphatic heterocycles. The van der Waals surface area contributed by atoms with E-state index in [0.717, 1.165) is 32.5 Å². The second-order valence-corrected chi connectivity index (χ2v) is 7.71. The highest BCUT2D eigenvalue weighted by molar-refractivity contribution is 5.81. The minimum absolute atomic E-state index is 0.0531. The molecular weight excluding hydrogens is 339 g/mol. The van der Waals surface area contributed by atoms with E-state index in [9.17, 15) is 9.18 Å². The summed E-state index contributed by atoms with van der Waals surface area (Å²) in [5.74, 6) is -0.481. The average Bonchev–Trinajstić information content (AvgIpc) is 3.17. The Balaban J connectivity index is 1.43. The van der Waals surface area contributed by atoms with Crippen LogP contribution in [0.15, 0.2) is 12.0 Å². The minimum atomic E-state index is -0.555. The van der Waals surface area contributed by atoms with Crippen LogP contribution >= 0.6 is 0 Å². The number of carbonyl (C=O) groups is 1. The molecule has 0 bridgehead atoms. The fraction of sp³-hybridized carbons (Fsp3) is 0.812. The third-order valence-electron chi connectivity index (χ3n) is 5.93. The molecular formula is C16H29FN8O. The van der Waals surface area contributed by atoms with Crippen molar-refractivity contribution in [3.8, 4) is 0 Å². The van der Waals surface area contributed by atoms with Gasteiger partial charge in [-0.3, -0.25) is 20.5 Å². The van der Waals surface area contributed by atoms with Crippen LogP contribution in [0.3, 0.4) is 0 Å². The molecule has 6 unspecified atom stereocenters. The molecule has 0 aromatic heterocycles. The first-order valence-electron chi connectivity index (χ1n) is 9.41. The summed E-state index contributed by atoms with van der Waals surface area (Å²) in [6.07, 6.45) is 2.58. The smallest absolute Gasteiger partial charge is 0.229 e. The molecule has 26 heavy (non-hydrogen) atoms. The van der Waals surface area contributed by atoms with Crippen molar-refractivity contribution in [1.82, 2.24) is 36.8 Å². The Bertz CT molecular complexity index is 574. The van der Waals surface area contributed by atoms with Crippen molar-refractivity contribution < 1.29 is 9.18 Å². The maximum absolute atomic E-state index is 13.5. The normalized spacial score (nSPS) is 41.0. The van der Waals surface area contributed by atoms with E-state index in [1.165, 1.54) is 6.20 Å². The van der Waals surface area contributed by atoms with Gasteiger partial charge in [0, 0.05) is 32.2 Å². The van der Waals surface area contributed by atoms with Crippen LogP contribution in [0.1, 0.15) is 12.8 Å². The second-order valence-electron chi connectivity index (χ2n) is 7.71. The molecule has 0 aliphatic carbocycles. The van der Waals surface area contributed by atoms with Gasteiger partial charge >= 0.3 is 0 Å². The largest absolute Gasteiger partial charge is 0.351 e. The first-order chi connectivity index (χ1) is 12.5. The van der Waals surface area contributed by atoms with E-state index in [1.807, 2.05) is 7.05 Å². The number of halogens is 1. The molecule has 7 N–H and O–H groups in total. The van der Waals surface area contributed by atoms with E-state index >= 15 is 0 Å². The molecule has 4 aliphatic rings. The van der Waals surface area contributed by atoms with Crippen LogP contribution < -0.4 is 32.5 Å². The van der Waals surface area contributed by atoms with Gasteiger partial charge in [0.15, 0.2) is 0 Å². The molecule has 6 atom stereocenters. The summed E-state index contributed by atoms with van der Waals surface area (Å²) < 4.78 is 13.5. The standard InChI is InChI=1S/C16H29FN8O/c1-24-5-3-11(22-24)10-2-4-19-7-12(10)21-16(26)13-14(18)23-25-8-9(17)6-20-15(13)25/h8,10-15,19-20,22-23H,2-7,18H2,1H3,(H,21,26). The van der Waals surface area contributed by atoms with Gasteiger partial charge in [-0.2, -0.15) is 0 Å². The Morgan fingerprint density at radius 3 is 3.00 bits per heavy atom. The van der Waals surface area contributed by atoms with E-state index in [0.29, 0.717) is 12.0 Å². The van der Waals surface area contributed by atoms with Gasteiger partial charge in [0.25, 0.3) is 0 Å². The number of fused-ring (bicyclic) bond motifs is 1. The average molecular weight is 368 g/mol. The van der Waals surface area contributed by atoms with E-state index in [4.69, 9.17) is 5.73 Å². The van der Waals surface area contributed by atoms with Gasteiger partial charge in [0.1, 0.15) is 17.9 Å². The zero-order valence-electron chi connectivity index (χ0n) is 15.0. The second kappa shape index (κ2) is 7.37. The van der Waals surface area contributed by atoms with Gasteiger partial charge in [-0.15, -0.1) is 0 Å². The van der Waals surface area contributed by atoms with Crippen molar-refractivity contribution in [2.45, 2.75) is 37.3 Å². The number of nitrogens with two attached hydrogens (primary N) is 1. The number of hydrogen-bond acceptors (Lipinski definition) is 8. The summed E-state index contributed by atoms with van der Waals surface area (Å²) in [6.45, 7) is 2.85. The fourth-order valence-corrected chi connectivity index (χ4v) is 4.60. The lowest BCUT2D eigenvalue weighted by Crippen LogP contribution is -2.60. The van der Waals surface area contributed by atoms with Crippen LogP contribution in [-0.2, 0) is 4.79 Å². The van der Waals surface area contributed by atoms with Gasteiger partial charge < -0.3 is 16.4 Å². The van der Waals surface area contributed by atoms with E-state index in [-0.39, 0.29) is 30.5 Å². The zero-order chi connectivity index (χ0) is 18.3. The third-order valence-corrected chi connectivity index (χ3v) is 5.93. The maximum atomic E-state index is 13.5. The van der Waals surface area contributed by atoms with Crippen LogP contribution in [0, 0.1) is 11.8 Å². The lowest BCUT2D eigenvalue weighted by Gasteiger charge is -2.38. The molecule has 3 saturated heterocycles. The van der Waals surface area contributed by atoms with Crippen molar-refractivity contribution in [2.24, 2.45) is 17.6 Å². The molecule has 4 heterocycles. The Morgan fingerprint density at radius 1 is 1.38 bits per heavy atom. The Labute approximate surface area is 152 Å². The monoisotopic (exact) mass is 368 g/mol. The highest BCUT2D eigenvalue weighted by Crippen LogP contribution is 2.26. The molecule has 0 aromatic carbocycles. The highest BCUT2D eigenvalue weighted by atomic mass is 19.1. The summed E-state index contributed by atoms with van der Waals surface area (Å²) in [6, 6.07) is 0.432. The number of rotatable bonds is 3. The summed E-state index contributed by atoms with van der Waals surface area (Å²) in [5, 5.41) is 13.3. The SMILES string of the molecule is CN1CCC(C2CCNCC2NC(=O)C2C(N)NN3C=C(F)CNC23)N1. The molecule has 0 aromatic rings. The van der Waals surface area contributed by atoms with Crippen LogP contribution in [0.5, 0.6) is 0 Å². The molecule has 9 nitrogen and oxygen atoms in total. The van der Waals surface area contributed by atoms with Crippen molar-refractivity contribution in [1.29, 1.82) is 0 Å². The molecule has 0 radical (unpaired) electrons. The van der Waals surface area contributed by atoms with Crippen LogP contribution in [-0.4, -0.2) is 73.6 Å². The number of piperidine rings is 1. The van der Waals surface area contributed by atoms with Gasteiger partial charge in [-0.05, 0) is 25.3 Å². The quantitative estimate of drug-likeness (QED) is 0.332. The number of hydrazine groups is 2. The number of hydrogen-bond donors (Lipinski definition) is 6. The van der Waals surface area contributed by atoms with Gasteiger partial charge in [0.2, 0.25) is 5.91 Å². The van der Waals surface area contributed by atoms with Crippen molar-refractivity contribution >= 4 is 5.91 Å². The molecule has 146 valence electrons. The number of nitrogens with one attached hydrogen (secondary N) is 5. The van der Waals surface area contributed by atoms with Crippen molar-refractivity contribution in [2.75, 3.05) is 33.2 Å². The topological polar surface area (TPSA) is 110 Å². The van der Waals surface area contributed by atoms with Gasteiger partial charge in [0.05, 0.1) is 18.9 Å². The van der Waals surface area contributed by atoms with E-state index < -0.39 is 12.1 Å². The summed E-state index contributed by atoms with van der Waals surface area (Å²) >= 11 is 0. The fourth-order valence-electron chi connectivity index (χ4n) is 4.60. The Hall–Kier alpha value is -1.30. The number of carbonyl (C=O) groups excluding carboxylic acids is 1. The molecule has 1 amide bonds. The Morgan fingerprint density at radius 2 is 2.23 bits per heavy atom. The van der Waals surface area contributed by atoms with Crippen molar-refractivity contribution in [3.05, 3.63) is 12.0 Å². The highest BCUT2D eigenvalue weighted by Gasteiger charge is 2.46. The molecule has 0 saturated carbocycles. The van der Waals surface area contributed by atoms with Crippen LogP contribution in [0.4, 0.5) is 4.39 Å². The van der Waals surface area contributed by atoms with Crippen molar-refractivity contribution in [3.63, 3.8) is 0 Å². The zero-order valence-corrected chi connectivity index (χ0v) is 15.0. The lowest BCUT2D eigenvalue weighted by molar-refractivity contribution is -0.127. The third kappa shape index (κ3) is 3.45. The summed E-state index contributed by atoms with van der Waals surface area (Å²) in [7, 11) is 2.05. The predicted octanol–water partition coefficient (Wildman–Crippen LogP) is -2.25. The van der Waals surface area contributed by atoms with Gasteiger partial charge in [-0.25, -0.2) is 14.8 Å². The first-order valence-corrected chi connectivity index (χ1v) is 9.41. The molecule has 10 heteroatoms. The van der Waals surface area contributed by atoms with Crippen LogP contribution in [0.25, 0.3) is 0 Å². The van der Waals surface area contributed by atoms with Gasteiger partial charge in [-0.1, -0.05) is 0 Å². The summed E-state index contributed by atoms with van der Waals surface area (Å²) in [5.41, 5.74) is 12.6. The molecule has 3 fully saturated rings. The minimum Gasteiger partial charge on any atom is -0.351 e. The predicted molar refractivity (Wildman–Crippen MR) is 94.5 cm³/mol. The first kappa shape index (κ1) is 18.1. The summed E-state index contributed by atoms with van der Waals surface area (Å²) in [4.78, 5) is 13.0. The molecule has 4 rings (SSSR count). The Kier molecular flexibility index (Phi) is 5.13.